The van der Waals surface area contributed by atoms with Gasteiger partial charge in [0, 0.05) is 0 Å². The van der Waals surface area contributed by atoms with Gasteiger partial charge in [0.25, 0.3) is 0 Å². The first-order valence-corrected chi connectivity index (χ1v) is 6.84. The van der Waals surface area contributed by atoms with Gasteiger partial charge in [-0.2, -0.15) is 0 Å². The Labute approximate surface area is 102 Å². The van der Waals surface area contributed by atoms with Gasteiger partial charge >= 0.3 is 0 Å². The molecule has 0 aliphatic rings. The first-order chi connectivity index (χ1) is 7.91. The standard InChI is InChI=1S/C16H28/c1-3-5-7-9-11-13-15-16-14-12-10-8-6-4-2/h3,5,10,12,14,16H,4,6-9,11,13,15H2,1-2H3. The summed E-state index contributed by atoms with van der Waals surface area (Å²) in [5.74, 6) is 0. The average molecular weight is 220 g/mol. The molecule has 0 heteroatoms. The fourth-order valence-electron chi connectivity index (χ4n) is 1.54. The third-order valence-electron chi connectivity index (χ3n) is 2.58. The van der Waals surface area contributed by atoms with Crippen molar-refractivity contribution in [2.75, 3.05) is 0 Å². The van der Waals surface area contributed by atoms with Crippen LogP contribution in [0.1, 0.15) is 65.2 Å². The van der Waals surface area contributed by atoms with Gasteiger partial charge in [-0.15, -0.1) is 0 Å². The van der Waals surface area contributed by atoms with E-state index >= 15 is 0 Å². The molecule has 0 aliphatic heterocycles. The predicted octanol–water partition coefficient (Wildman–Crippen LogP) is 5.82. The molecule has 0 aromatic rings. The Morgan fingerprint density at radius 2 is 1.25 bits per heavy atom. The van der Waals surface area contributed by atoms with Gasteiger partial charge in [0.1, 0.15) is 0 Å². The molecule has 0 fully saturated rings. The normalized spacial score (nSPS) is 12.4. The molecule has 0 heterocycles. The Morgan fingerprint density at radius 3 is 1.81 bits per heavy atom. The summed E-state index contributed by atoms with van der Waals surface area (Å²) in [5, 5.41) is 0. The number of hydrogen-bond acceptors (Lipinski definition) is 0. The highest BCUT2D eigenvalue weighted by Crippen LogP contribution is 2.04. The van der Waals surface area contributed by atoms with Gasteiger partial charge in [-0.05, 0) is 39.0 Å². The van der Waals surface area contributed by atoms with Gasteiger partial charge in [-0.1, -0.05) is 62.6 Å². The molecule has 0 saturated heterocycles. The van der Waals surface area contributed by atoms with Crippen molar-refractivity contribution in [2.45, 2.75) is 65.2 Å². The third kappa shape index (κ3) is 13.2. The summed E-state index contributed by atoms with van der Waals surface area (Å²) < 4.78 is 0. The van der Waals surface area contributed by atoms with Crippen LogP contribution in [0.4, 0.5) is 0 Å². The minimum atomic E-state index is 1.23. The maximum Gasteiger partial charge on any atom is -0.0348 e. The van der Waals surface area contributed by atoms with E-state index in [1.54, 1.807) is 0 Å². The summed E-state index contributed by atoms with van der Waals surface area (Å²) in [6.45, 7) is 4.32. The molecule has 0 aromatic heterocycles. The molecule has 0 spiro atoms. The van der Waals surface area contributed by atoms with Crippen molar-refractivity contribution in [3.8, 4) is 0 Å². The second-order valence-electron chi connectivity index (χ2n) is 4.21. The van der Waals surface area contributed by atoms with Crippen LogP contribution in [0.5, 0.6) is 0 Å². The van der Waals surface area contributed by atoms with Crippen LogP contribution in [0.15, 0.2) is 36.5 Å². The molecule has 16 heavy (non-hydrogen) atoms. The zero-order valence-corrected chi connectivity index (χ0v) is 11.1. The van der Waals surface area contributed by atoms with Crippen molar-refractivity contribution in [3.05, 3.63) is 36.5 Å². The average Bonchev–Trinajstić information content (AvgIpc) is 2.31. The van der Waals surface area contributed by atoms with Gasteiger partial charge in [0.15, 0.2) is 0 Å². The molecule has 0 nitrogen and oxygen atoms in total. The van der Waals surface area contributed by atoms with Crippen molar-refractivity contribution < 1.29 is 0 Å². The van der Waals surface area contributed by atoms with Gasteiger partial charge in [-0.3, -0.25) is 0 Å². The van der Waals surface area contributed by atoms with Crippen molar-refractivity contribution in [3.63, 3.8) is 0 Å². The maximum absolute atomic E-state index is 2.29. The first-order valence-electron chi connectivity index (χ1n) is 6.84. The van der Waals surface area contributed by atoms with Crippen molar-refractivity contribution >= 4 is 0 Å². The monoisotopic (exact) mass is 220 g/mol. The van der Waals surface area contributed by atoms with Gasteiger partial charge in [0.2, 0.25) is 0 Å². The second kappa shape index (κ2) is 14.2. The van der Waals surface area contributed by atoms with E-state index in [1.165, 1.54) is 51.4 Å². The lowest BCUT2D eigenvalue weighted by molar-refractivity contribution is 0.696. The van der Waals surface area contributed by atoms with E-state index in [0.29, 0.717) is 0 Å². The van der Waals surface area contributed by atoms with E-state index in [0.717, 1.165) is 0 Å². The SMILES string of the molecule is CC=CCCCCCC=CC=CCCCC. The summed E-state index contributed by atoms with van der Waals surface area (Å²) in [6.07, 6.45) is 23.7. The van der Waals surface area contributed by atoms with E-state index in [1.807, 2.05) is 0 Å². The lowest BCUT2D eigenvalue weighted by atomic mass is 10.1. The minimum Gasteiger partial charge on any atom is -0.0917 e. The molecule has 0 radical (unpaired) electrons. The molecule has 0 N–H and O–H groups in total. The minimum absolute atomic E-state index is 1.23. The molecule has 0 rings (SSSR count). The Kier molecular flexibility index (Phi) is 13.5. The van der Waals surface area contributed by atoms with E-state index in [2.05, 4.69) is 50.3 Å². The van der Waals surface area contributed by atoms with E-state index in [-0.39, 0.29) is 0 Å². The van der Waals surface area contributed by atoms with Gasteiger partial charge < -0.3 is 0 Å². The molecule has 92 valence electrons. The summed E-state index contributed by atoms with van der Waals surface area (Å²) >= 11 is 0. The first kappa shape index (κ1) is 15.2. The largest absolute Gasteiger partial charge is 0.0917 e. The smallest absolute Gasteiger partial charge is 0.0348 e. The van der Waals surface area contributed by atoms with Crippen LogP contribution < -0.4 is 0 Å². The van der Waals surface area contributed by atoms with Crippen molar-refractivity contribution in [2.24, 2.45) is 0 Å². The van der Waals surface area contributed by atoms with Gasteiger partial charge in [-0.25, -0.2) is 0 Å². The van der Waals surface area contributed by atoms with Crippen LogP contribution in [0.3, 0.4) is 0 Å². The molecular weight excluding hydrogens is 192 g/mol. The molecular formula is C16H28. The highest BCUT2D eigenvalue weighted by molar-refractivity contribution is 5.02. The summed E-state index contributed by atoms with van der Waals surface area (Å²) in [7, 11) is 0. The zero-order valence-electron chi connectivity index (χ0n) is 11.1. The van der Waals surface area contributed by atoms with Crippen molar-refractivity contribution in [1.82, 2.24) is 0 Å². The highest BCUT2D eigenvalue weighted by Gasteiger charge is 1.84. The number of unbranched alkanes of at least 4 members (excludes halogenated alkanes) is 6. The molecule has 0 aromatic carbocycles. The van der Waals surface area contributed by atoms with E-state index in [9.17, 15) is 0 Å². The Morgan fingerprint density at radius 1 is 0.688 bits per heavy atom. The lowest BCUT2D eigenvalue weighted by Gasteiger charge is -1.94. The van der Waals surface area contributed by atoms with Crippen LogP contribution in [-0.4, -0.2) is 0 Å². The predicted molar refractivity (Wildman–Crippen MR) is 75.7 cm³/mol. The lowest BCUT2D eigenvalue weighted by Crippen LogP contribution is -1.74. The topological polar surface area (TPSA) is 0 Å². The molecule has 0 bridgehead atoms. The van der Waals surface area contributed by atoms with E-state index in [4.69, 9.17) is 0 Å². The zero-order chi connectivity index (χ0) is 11.9. The van der Waals surface area contributed by atoms with Crippen molar-refractivity contribution in [1.29, 1.82) is 0 Å². The Bertz CT molecular complexity index is 196. The summed E-state index contributed by atoms with van der Waals surface area (Å²) in [6, 6.07) is 0. The number of rotatable bonds is 10. The third-order valence-corrected chi connectivity index (χ3v) is 2.58. The van der Waals surface area contributed by atoms with Crippen LogP contribution in [0.2, 0.25) is 0 Å². The highest BCUT2D eigenvalue weighted by atomic mass is 13.9. The van der Waals surface area contributed by atoms with Crippen LogP contribution in [0.25, 0.3) is 0 Å². The van der Waals surface area contributed by atoms with E-state index < -0.39 is 0 Å². The number of allylic oxidation sites excluding steroid dienone is 6. The molecule has 0 saturated carbocycles. The number of hydrogen-bond donors (Lipinski definition) is 0. The second-order valence-corrected chi connectivity index (χ2v) is 4.21. The summed E-state index contributed by atoms with van der Waals surface area (Å²) in [4.78, 5) is 0. The quantitative estimate of drug-likeness (QED) is 0.247. The molecule has 0 amide bonds. The molecule has 0 atom stereocenters. The molecule has 0 unspecified atom stereocenters. The van der Waals surface area contributed by atoms with Crippen LogP contribution in [-0.2, 0) is 0 Å². The summed E-state index contributed by atoms with van der Waals surface area (Å²) in [5.41, 5.74) is 0. The fourth-order valence-corrected chi connectivity index (χ4v) is 1.54. The van der Waals surface area contributed by atoms with Crippen LogP contribution >= 0.6 is 0 Å². The Hall–Kier alpha value is -0.780. The fraction of sp³-hybridized carbons (Fsp3) is 0.625. The maximum atomic E-state index is 2.29. The molecule has 0 aliphatic carbocycles. The van der Waals surface area contributed by atoms with Crippen LogP contribution in [0, 0.1) is 0 Å². The Balaban J connectivity index is 3.18. The van der Waals surface area contributed by atoms with Gasteiger partial charge in [0.05, 0.1) is 0 Å².